The summed E-state index contributed by atoms with van der Waals surface area (Å²) in [6.45, 7) is 3.47. The van der Waals surface area contributed by atoms with Crippen molar-refractivity contribution in [2.45, 2.75) is 0 Å². The summed E-state index contributed by atoms with van der Waals surface area (Å²) in [6.07, 6.45) is 3.15. The van der Waals surface area contributed by atoms with Gasteiger partial charge < -0.3 is 0 Å². The Labute approximate surface area is 65.8 Å². The lowest BCUT2D eigenvalue weighted by Crippen LogP contribution is -2.11. The fourth-order valence-corrected chi connectivity index (χ4v) is 0.784. The van der Waals surface area contributed by atoms with Gasteiger partial charge in [-0.1, -0.05) is 24.8 Å². The van der Waals surface area contributed by atoms with Crippen LogP contribution in [0, 0.1) is 0 Å². The Morgan fingerprint density at radius 2 is 2.00 bits per heavy atom. The lowest BCUT2D eigenvalue weighted by atomic mass is 10.3. The minimum Gasteiger partial charge on any atom is -0.280 e. The van der Waals surface area contributed by atoms with Crippen LogP contribution in [0.1, 0.15) is 0 Å². The van der Waals surface area contributed by atoms with Crippen LogP contribution in [0.5, 0.6) is 0 Å². The van der Waals surface area contributed by atoms with Gasteiger partial charge in [0.05, 0.1) is 0 Å². The minimum absolute atomic E-state index is 0.775. The van der Waals surface area contributed by atoms with Crippen LogP contribution in [-0.2, 0) is 4.79 Å². The highest BCUT2D eigenvalue weighted by Crippen LogP contribution is 2.10. The maximum atomic E-state index is 10.3. The van der Waals surface area contributed by atoms with Gasteiger partial charge in [0.1, 0.15) is 0 Å². The van der Waals surface area contributed by atoms with Gasteiger partial charge in [0, 0.05) is 11.9 Å². The van der Waals surface area contributed by atoms with Crippen LogP contribution >= 0.6 is 0 Å². The van der Waals surface area contributed by atoms with E-state index in [1.807, 2.05) is 30.3 Å². The zero-order valence-corrected chi connectivity index (χ0v) is 6.03. The summed E-state index contributed by atoms with van der Waals surface area (Å²) in [4.78, 5) is 11.6. The summed E-state index contributed by atoms with van der Waals surface area (Å²) in [5, 5.41) is 0. The molecule has 11 heavy (non-hydrogen) atoms. The number of hydrogen-bond acceptors (Lipinski definition) is 1. The summed E-state index contributed by atoms with van der Waals surface area (Å²) in [5.41, 5.74) is 0.775. The van der Waals surface area contributed by atoms with E-state index in [0.717, 1.165) is 5.69 Å². The first-order chi connectivity index (χ1) is 5.38. The topological polar surface area (TPSA) is 20.3 Å². The molecule has 1 aromatic carbocycles. The first-order valence-electron chi connectivity index (χ1n) is 3.23. The second kappa shape index (κ2) is 3.56. The lowest BCUT2D eigenvalue weighted by molar-refractivity contribution is 0.556. The number of hydrogen-bond donors (Lipinski definition) is 0. The molecule has 2 heteroatoms. The number of benzene rings is 1. The zero-order valence-electron chi connectivity index (χ0n) is 6.03. The fraction of sp³-hybridized carbons (Fsp3) is 0. The van der Waals surface area contributed by atoms with E-state index < -0.39 is 0 Å². The smallest absolute Gasteiger partial charge is 0.280 e. The Morgan fingerprint density at radius 3 is 2.45 bits per heavy atom. The third-order valence-electron chi connectivity index (χ3n) is 1.32. The Hall–Kier alpha value is -1.57. The second-order valence-electron chi connectivity index (χ2n) is 1.98. The van der Waals surface area contributed by atoms with Crippen molar-refractivity contribution in [3.05, 3.63) is 43.1 Å². The Kier molecular flexibility index (Phi) is 2.44. The molecule has 2 nitrogen and oxygen atoms in total. The molecule has 0 aliphatic heterocycles. The molecule has 0 N–H and O–H groups in total. The molecule has 0 unspecified atom stereocenters. The van der Waals surface area contributed by atoms with E-state index in [4.69, 9.17) is 0 Å². The largest absolute Gasteiger partial charge is 0.321 e. The number of amides is 1. The molecule has 0 aliphatic carbocycles. The average Bonchev–Trinajstić information content (AvgIpc) is 2.09. The number of para-hydroxylation sites is 1. The fourth-order valence-electron chi connectivity index (χ4n) is 0.784. The molecule has 1 aromatic rings. The molecule has 0 atom stereocenters. The summed E-state index contributed by atoms with van der Waals surface area (Å²) in [6, 6.07) is 9.21. The highest BCUT2D eigenvalue weighted by Gasteiger charge is 1.97. The molecule has 0 fully saturated rings. The van der Waals surface area contributed by atoms with Crippen molar-refractivity contribution in [1.82, 2.24) is 0 Å². The molecule has 0 saturated carbocycles. The van der Waals surface area contributed by atoms with Crippen molar-refractivity contribution in [1.29, 1.82) is 0 Å². The van der Waals surface area contributed by atoms with Crippen LogP contribution in [0.25, 0.3) is 0 Å². The van der Waals surface area contributed by atoms with Gasteiger partial charge in [-0.2, -0.15) is 0 Å². The van der Waals surface area contributed by atoms with Crippen molar-refractivity contribution < 1.29 is 4.79 Å². The highest BCUT2D eigenvalue weighted by molar-refractivity contribution is 5.77. The number of nitrogens with zero attached hydrogens (tertiary/aromatic N) is 1. The summed E-state index contributed by atoms with van der Waals surface area (Å²) >= 11 is 0. The molecule has 0 spiro atoms. The van der Waals surface area contributed by atoms with Crippen LogP contribution in [0.2, 0.25) is 0 Å². The van der Waals surface area contributed by atoms with Crippen molar-refractivity contribution in [3.8, 4) is 0 Å². The predicted octanol–water partition coefficient (Wildman–Crippen LogP) is 1.70. The maximum absolute atomic E-state index is 10.3. The first kappa shape index (κ1) is 7.54. The van der Waals surface area contributed by atoms with E-state index in [0.29, 0.717) is 0 Å². The first-order valence-corrected chi connectivity index (χ1v) is 3.23. The summed E-state index contributed by atoms with van der Waals surface area (Å²) in [5.74, 6) is 0. The van der Waals surface area contributed by atoms with Crippen LogP contribution in [-0.4, -0.2) is 6.41 Å². The van der Waals surface area contributed by atoms with Crippen LogP contribution in [0.4, 0.5) is 5.69 Å². The normalized spacial score (nSPS) is 8.73. The highest BCUT2D eigenvalue weighted by atomic mass is 16.1. The number of anilines is 1. The van der Waals surface area contributed by atoms with Crippen LogP contribution in [0.3, 0.4) is 0 Å². The van der Waals surface area contributed by atoms with E-state index in [1.54, 1.807) is 6.41 Å². The predicted molar refractivity (Wildman–Crippen MR) is 44.8 cm³/mol. The maximum Gasteiger partial charge on any atom is 0.321 e. The summed E-state index contributed by atoms with van der Waals surface area (Å²) in [7, 11) is 0. The zero-order chi connectivity index (χ0) is 8.10. The van der Waals surface area contributed by atoms with Crippen molar-refractivity contribution in [2.24, 2.45) is 0 Å². The van der Waals surface area contributed by atoms with Crippen molar-refractivity contribution >= 4 is 12.1 Å². The van der Waals surface area contributed by atoms with E-state index in [2.05, 4.69) is 6.58 Å². The molecule has 0 aliphatic rings. The molecule has 1 rings (SSSR count). The van der Waals surface area contributed by atoms with Crippen molar-refractivity contribution in [2.75, 3.05) is 4.90 Å². The van der Waals surface area contributed by atoms with Crippen LogP contribution < -0.4 is 4.90 Å². The molecule has 0 aromatic heterocycles. The van der Waals surface area contributed by atoms with E-state index in [-0.39, 0.29) is 0 Å². The van der Waals surface area contributed by atoms with Gasteiger partial charge >= 0.3 is 6.41 Å². The third kappa shape index (κ3) is 1.67. The van der Waals surface area contributed by atoms with Gasteiger partial charge in [0.25, 0.3) is 0 Å². The number of carbonyl (C=O) groups excluding carboxylic acids is 1. The van der Waals surface area contributed by atoms with Gasteiger partial charge in [-0.25, -0.2) is 0 Å². The van der Waals surface area contributed by atoms with Gasteiger partial charge in [0.15, 0.2) is 0 Å². The van der Waals surface area contributed by atoms with Gasteiger partial charge in [-0.15, -0.1) is 0 Å². The molecular formula is C9H8NO. The summed E-state index contributed by atoms with van der Waals surface area (Å²) < 4.78 is 0. The van der Waals surface area contributed by atoms with Crippen molar-refractivity contribution in [3.63, 3.8) is 0 Å². The van der Waals surface area contributed by atoms with Crippen LogP contribution in [0.15, 0.2) is 43.1 Å². The second-order valence-corrected chi connectivity index (χ2v) is 1.98. The molecule has 0 bridgehead atoms. The van der Waals surface area contributed by atoms with Gasteiger partial charge in [0.2, 0.25) is 0 Å². The van der Waals surface area contributed by atoms with E-state index in [1.165, 1.54) is 11.1 Å². The Bertz CT molecular complexity index is 235. The van der Waals surface area contributed by atoms with E-state index in [9.17, 15) is 4.79 Å². The molecule has 55 valence electrons. The quantitative estimate of drug-likeness (QED) is 0.594. The standard InChI is InChI=1S/C9H8NO/c1-2-10(8-11)9-6-4-3-5-7-9/h2-7H,1H2. The molecule has 0 heterocycles. The molecule has 1 amide bonds. The van der Waals surface area contributed by atoms with Gasteiger partial charge in [-0.3, -0.25) is 9.69 Å². The average molecular weight is 146 g/mol. The Morgan fingerprint density at radius 1 is 1.36 bits per heavy atom. The molecule has 0 saturated heterocycles. The monoisotopic (exact) mass is 146 g/mol. The Balaban J connectivity index is 2.90. The SMILES string of the molecule is C=CN([C]=O)c1ccccc1. The third-order valence-corrected chi connectivity index (χ3v) is 1.32. The lowest BCUT2D eigenvalue weighted by Gasteiger charge is -2.08. The molecule has 1 radical (unpaired) electrons. The van der Waals surface area contributed by atoms with E-state index >= 15 is 0 Å². The molecular weight excluding hydrogens is 138 g/mol. The number of rotatable bonds is 3. The minimum atomic E-state index is 0.775. The van der Waals surface area contributed by atoms with Gasteiger partial charge in [-0.05, 0) is 12.1 Å².